The van der Waals surface area contributed by atoms with Crippen LogP contribution in [0, 0.1) is 5.92 Å². The van der Waals surface area contributed by atoms with Gasteiger partial charge in [-0.3, -0.25) is 4.79 Å². The van der Waals surface area contributed by atoms with Crippen LogP contribution in [0.1, 0.15) is 44.5 Å². The zero-order valence-corrected chi connectivity index (χ0v) is 17.9. The minimum absolute atomic E-state index is 0.0704. The van der Waals surface area contributed by atoms with E-state index < -0.39 is 11.7 Å². The molecule has 1 aliphatic rings. The van der Waals surface area contributed by atoms with E-state index in [1.54, 1.807) is 19.0 Å². The Bertz CT molecular complexity index is 882. The molecule has 7 heteroatoms. The molecule has 1 aliphatic carbocycles. The highest BCUT2D eigenvalue weighted by molar-refractivity contribution is 9.10. The highest BCUT2D eigenvalue weighted by atomic mass is 79.9. The summed E-state index contributed by atoms with van der Waals surface area (Å²) in [6, 6.07) is 5.73. The first kappa shape index (κ1) is 19.7. The Balaban J connectivity index is 1.98. The van der Waals surface area contributed by atoms with Gasteiger partial charge in [-0.2, -0.15) is 0 Å². The summed E-state index contributed by atoms with van der Waals surface area (Å²) in [6.45, 7) is 5.49. The van der Waals surface area contributed by atoms with E-state index >= 15 is 0 Å². The molecule has 0 saturated heterocycles. The summed E-state index contributed by atoms with van der Waals surface area (Å²) in [6.07, 6.45) is 0.711. The number of ether oxygens (including phenoxy) is 1. The first-order chi connectivity index (χ1) is 12.5. The number of aromatic nitrogens is 1. The fraction of sp³-hybridized carbons (Fsp3) is 0.500. The number of aromatic amines is 1. The molecule has 27 heavy (non-hydrogen) atoms. The number of hydrogen-bond acceptors (Lipinski definition) is 3. The molecular formula is C20H26BrN3O3. The summed E-state index contributed by atoms with van der Waals surface area (Å²) >= 11 is 3.52. The predicted octanol–water partition coefficient (Wildman–Crippen LogP) is 4.15. The zero-order chi connectivity index (χ0) is 19.9. The number of halogens is 1. The van der Waals surface area contributed by atoms with Gasteiger partial charge in [0.15, 0.2) is 0 Å². The molecule has 1 heterocycles. The number of carbonyl (C=O) groups excluding carboxylic acids is 2. The number of rotatable bonds is 2. The van der Waals surface area contributed by atoms with E-state index in [0.717, 1.165) is 26.6 Å². The minimum atomic E-state index is -0.578. The topological polar surface area (TPSA) is 74.4 Å². The van der Waals surface area contributed by atoms with Crippen molar-refractivity contribution in [3.63, 3.8) is 0 Å². The van der Waals surface area contributed by atoms with Gasteiger partial charge in [0.2, 0.25) is 5.91 Å². The Morgan fingerprint density at radius 1 is 1.30 bits per heavy atom. The van der Waals surface area contributed by atoms with Crippen LogP contribution in [0.5, 0.6) is 0 Å². The second-order valence-corrected chi connectivity index (χ2v) is 9.19. The average Bonchev–Trinajstić information content (AvgIpc) is 2.90. The molecule has 1 aromatic heterocycles. The van der Waals surface area contributed by atoms with Crippen molar-refractivity contribution in [3.05, 3.63) is 33.9 Å². The Labute approximate surface area is 167 Å². The van der Waals surface area contributed by atoms with Crippen molar-refractivity contribution < 1.29 is 14.3 Å². The van der Waals surface area contributed by atoms with E-state index in [4.69, 9.17) is 4.74 Å². The van der Waals surface area contributed by atoms with Crippen LogP contribution in [0.3, 0.4) is 0 Å². The van der Waals surface area contributed by atoms with Gasteiger partial charge >= 0.3 is 6.09 Å². The number of alkyl carbamates (subject to hydrolysis) is 1. The lowest BCUT2D eigenvalue weighted by Gasteiger charge is -2.31. The number of carbonyl (C=O) groups is 2. The highest BCUT2D eigenvalue weighted by Crippen LogP contribution is 2.39. The maximum atomic E-state index is 12.7. The molecule has 146 valence electrons. The van der Waals surface area contributed by atoms with Gasteiger partial charge in [0.25, 0.3) is 0 Å². The molecule has 2 amide bonds. The number of benzene rings is 1. The second-order valence-electron chi connectivity index (χ2n) is 8.28. The Morgan fingerprint density at radius 2 is 2.00 bits per heavy atom. The molecule has 0 saturated carbocycles. The van der Waals surface area contributed by atoms with Crippen molar-refractivity contribution in [2.24, 2.45) is 5.92 Å². The van der Waals surface area contributed by atoms with Crippen molar-refractivity contribution in [3.8, 4) is 0 Å². The second kappa shape index (κ2) is 7.19. The molecule has 0 radical (unpaired) electrons. The Morgan fingerprint density at radius 3 is 2.63 bits per heavy atom. The third-order valence-electron chi connectivity index (χ3n) is 4.70. The van der Waals surface area contributed by atoms with Crippen molar-refractivity contribution in [1.29, 1.82) is 0 Å². The number of H-pyrrole nitrogens is 1. The summed E-state index contributed by atoms with van der Waals surface area (Å²) in [5, 5.41) is 4.03. The largest absolute Gasteiger partial charge is 0.444 e. The number of fused-ring (bicyclic) bond motifs is 3. The molecule has 2 atom stereocenters. The molecule has 3 rings (SSSR count). The van der Waals surface area contributed by atoms with Crippen LogP contribution in [0.15, 0.2) is 22.7 Å². The number of hydrogen-bond donors (Lipinski definition) is 2. The maximum absolute atomic E-state index is 12.7. The Hall–Kier alpha value is -2.02. The van der Waals surface area contributed by atoms with Crippen LogP contribution in [-0.2, 0) is 16.0 Å². The van der Waals surface area contributed by atoms with Gasteiger partial charge in [-0.15, -0.1) is 0 Å². The van der Waals surface area contributed by atoms with E-state index in [9.17, 15) is 9.59 Å². The zero-order valence-electron chi connectivity index (χ0n) is 16.4. The van der Waals surface area contributed by atoms with Crippen molar-refractivity contribution in [1.82, 2.24) is 15.2 Å². The molecule has 0 spiro atoms. The van der Waals surface area contributed by atoms with Crippen LogP contribution in [0.2, 0.25) is 0 Å². The number of nitrogens with zero attached hydrogens (tertiary/aromatic N) is 1. The summed E-state index contributed by atoms with van der Waals surface area (Å²) in [5.74, 6) is -0.119. The standard InChI is InChI=1S/C20H26BrN3O3/c1-20(2,3)27-19(26)23-16-9-11(18(25)24(4)5)8-14-13-10-12(21)6-7-15(13)22-17(14)16/h6-7,10-11,16,22H,8-9H2,1-5H3,(H,23,26). The monoisotopic (exact) mass is 435 g/mol. The minimum Gasteiger partial charge on any atom is -0.444 e. The van der Waals surface area contributed by atoms with E-state index in [1.165, 1.54) is 0 Å². The first-order valence-electron chi connectivity index (χ1n) is 9.06. The lowest BCUT2D eigenvalue weighted by molar-refractivity contribution is -0.133. The third-order valence-corrected chi connectivity index (χ3v) is 5.19. The molecule has 0 bridgehead atoms. The average molecular weight is 436 g/mol. The highest BCUT2D eigenvalue weighted by Gasteiger charge is 2.35. The van der Waals surface area contributed by atoms with Crippen molar-refractivity contribution in [2.75, 3.05) is 14.1 Å². The summed E-state index contributed by atoms with van der Waals surface area (Å²) in [7, 11) is 3.53. The van der Waals surface area contributed by atoms with Gasteiger partial charge in [0.05, 0.1) is 6.04 Å². The number of amides is 2. The maximum Gasteiger partial charge on any atom is 0.408 e. The van der Waals surface area contributed by atoms with Crippen LogP contribution in [-0.4, -0.2) is 41.6 Å². The number of nitrogens with one attached hydrogen (secondary N) is 2. The lowest BCUT2D eigenvalue weighted by atomic mass is 9.82. The van der Waals surface area contributed by atoms with Gasteiger partial charge in [0, 0.05) is 41.1 Å². The molecule has 1 aromatic carbocycles. The molecular weight excluding hydrogens is 410 g/mol. The summed E-state index contributed by atoms with van der Waals surface area (Å²) < 4.78 is 6.41. The van der Waals surface area contributed by atoms with E-state index in [-0.39, 0.29) is 17.9 Å². The van der Waals surface area contributed by atoms with Gasteiger partial charge < -0.3 is 19.9 Å². The fourth-order valence-corrected chi connectivity index (χ4v) is 3.99. The smallest absolute Gasteiger partial charge is 0.408 e. The van der Waals surface area contributed by atoms with Crippen molar-refractivity contribution in [2.45, 2.75) is 45.3 Å². The molecule has 2 unspecified atom stereocenters. The van der Waals surface area contributed by atoms with Gasteiger partial charge in [-0.1, -0.05) is 15.9 Å². The Kier molecular flexibility index (Phi) is 5.25. The van der Waals surface area contributed by atoms with Gasteiger partial charge in [-0.25, -0.2) is 4.79 Å². The fourth-order valence-electron chi connectivity index (χ4n) is 3.62. The molecule has 0 aliphatic heterocycles. The van der Waals surface area contributed by atoms with Crippen LogP contribution < -0.4 is 5.32 Å². The third kappa shape index (κ3) is 4.29. The van der Waals surface area contributed by atoms with Gasteiger partial charge in [0.1, 0.15) is 5.60 Å². The van der Waals surface area contributed by atoms with Crippen LogP contribution >= 0.6 is 15.9 Å². The van der Waals surface area contributed by atoms with E-state index in [0.29, 0.717) is 12.8 Å². The molecule has 0 fully saturated rings. The van der Waals surface area contributed by atoms with Crippen LogP contribution in [0.25, 0.3) is 10.9 Å². The molecule has 2 aromatic rings. The SMILES string of the molecule is CN(C)C(=O)C1Cc2c([nH]c3ccc(Br)cc23)C(NC(=O)OC(C)(C)C)C1. The predicted molar refractivity (Wildman–Crippen MR) is 109 cm³/mol. The summed E-state index contributed by atoms with van der Waals surface area (Å²) in [5.41, 5.74) is 2.46. The molecule has 2 N–H and O–H groups in total. The normalized spacial score (nSPS) is 19.5. The van der Waals surface area contributed by atoms with Crippen molar-refractivity contribution >= 4 is 38.8 Å². The van der Waals surface area contributed by atoms with Crippen LogP contribution in [0.4, 0.5) is 4.79 Å². The first-order valence-corrected chi connectivity index (χ1v) is 9.85. The quantitative estimate of drug-likeness (QED) is 0.743. The lowest BCUT2D eigenvalue weighted by Crippen LogP contribution is -2.41. The van der Waals surface area contributed by atoms with Gasteiger partial charge in [-0.05, 0) is 57.4 Å². The van der Waals surface area contributed by atoms with E-state index in [1.807, 2.05) is 32.9 Å². The summed E-state index contributed by atoms with van der Waals surface area (Å²) in [4.78, 5) is 30.1. The van der Waals surface area contributed by atoms with E-state index in [2.05, 4.69) is 32.3 Å². The molecule has 6 nitrogen and oxygen atoms in total.